The molecular weight excluding hydrogens is 318 g/mol. The molecule has 0 bridgehead atoms. The molecule has 1 amide bonds. The molecule has 2 aliphatic rings. The number of amides is 1. The molecule has 2 aliphatic heterocycles. The van der Waals surface area contributed by atoms with Crippen LogP contribution in [0.5, 0.6) is 11.5 Å². The summed E-state index contributed by atoms with van der Waals surface area (Å²) >= 11 is 0. The van der Waals surface area contributed by atoms with Crippen LogP contribution in [-0.2, 0) is 11.2 Å². The molecule has 0 unspecified atom stereocenters. The molecule has 0 aromatic heterocycles. The highest BCUT2D eigenvalue weighted by molar-refractivity contribution is 5.79. The number of fused-ring (bicyclic) bond motifs is 1. The molecule has 6 nitrogen and oxygen atoms in total. The molecule has 0 saturated carbocycles. The van der Waals surface area contributed by atoms with Gasteiger partial charge in [0.1, 0.15) is 18.1 Å². The van der Waals surface area contributed by atoms with Gasteiger partial charge >= 0.3 is 0 Å². The van der Waals surface area contributed by atoms with E-state index in [0.29, 0.717) is 25.6 Å². The lowest BCUT2D eigenvalue weighted by molar-refractivity contribution is -0.126. The van der Waals surface area contributed by atoms with E-state index in [0.717, 1.165) is 43.2 Å². The molecule has 1 N–H and O–H groups in total. The predicted molar refractivity (Wildman–Crippen MR) is 97.2 cm³/mol. The van der Waals surface area contributed by atoms with Gasteiger partial charge < -0.3 is 19.7 Å². The maximum Gasteiger partial charge on any atom is 0.226 e. The van der Waals surface area contributed by atoms with Gasteiger partial charge in [-0.2, -0.15) is 0 Å². The van der Waals surface area contributed by atoms with Crippen LogP contribution in [-0.4, -0.2) is 75.2 Å². The molecule has 0 radical (unpaired) electrons. The van der Waals surface area contributed by atoms with Crippen LogP contribution in [0.15, 0.2) is 18.2 Å². The van der Waals surface area contributed by atoms with E-state index in [1.165, 1.54) is 0 Å². The molecule has 0 spiro atoms. The molecule has 1 fully saturated rings. The van der Waals surface area contributed by atoms with Gasteiger partial charge in [-0.3, -0.25) is 9.69 Å². The Labute approximate surface area is 150 Å². The summed E-state index contributed by atoms with van der Waals surface area (Å²) in [7, 11) is 3.79. The van der Waals surface area contributed by atoms with Crippen molar-refractivity contribution >= 4 is 5.91 Å². The first-order valence-electron chi connectivity index (χ1n) is 9.07. The number of piperazine rings is 1. The first-order chi connectivity index (χ1) is 12.1. The quantitative estimate of drug-likeness (QED) is 0.861. The van der Waals surface area contributed by atoms with Crippen LogP contribution in [0.4, 0.5) is 0 Å². The molecule has 1 saturated heterocycles. The fourth-order valence-corrected chi connectivity index (χ4v) is 3.43. The molecule has 3 rings (SSSR count). The second kappa shape index (κ2) is 8.06. The number of rotatable bonds is 5. The average molecular weight is 347 g/mol. The van der Waals surface area contributed by atoms with Crippen LogP contribution in [0.3, 0.4) is 0 Å². The molecule has 0 aliphatic carbocycles. The number of carbonyl (C=O) groups is 1. The summed E-state index contributed by atoms with van der Waals surface area (Å²) in [5.74, 6) is 1.57. The fraction of sp³-hybridized carbons (Fsp3) is 0.632. The summed E-state index contributed by atoms with van der Waals surface area (Å²) in [4.78, 5) is 17.3. The number of ether oxygens (including phenoxy) is 2. The van der Waals surface area contributed by atoms with E-state index in [-0.39, 0.29) is 11.8 Å². The van der Waals surface area contributed by atoms with E-state index < -0.39 is 0 Å². The summed E-state index contributed by atoms with van der Waals surface area (Å²) in [5.41, 5.74) is 1.07. The van der Waals surface area contributed by atoms with Gasteiger partial charge in [0, 0.05) is 44.8 Å². The molecule has 6 heteroatoms. The Bertz CT molecular complexity index is 600. The van der Waals surface area contributed by atoms with Crippen LogP contribution < -0.4 is 14.8 Å². The van der Waals surface area contributed by atoms with Gasteiger partial charge in [-0.25, -0.2) is 0 Å². The molecular formula is C19H29N3O3. The van der Waals surface area contributed by atoms with Crippen LogP contribution in [0.1, 0.15) is 12.5 Å². The van der Waals surface area contributed by atoms with Crippen molar-refractivity contribution in [2.45, 2.75) is 19.4 Å². The Morgan fingerprint density at radius 1 is 1.36 bits per heavy atom. The monoisotopic (exact) mass is 347 g/mol. The topological polar surface area (TPSA) is 54.0 Å². The Balaban J connectivity index is 1.48. The Kier molecular flexibility index (Phi) is 5.81. The number of nitrogens with zero attached hydrogens (tertiary/aromatic N) is 2. The van der Waals surface area contributed by atoms with Gasteiger partial charge in [0.2, 0.25) is 5.91 Å². The van der Waals surface area contributed by atoms with Crippen molar-refractivity contribution < 1.29 is 14.3 Å². The molecule has 25 heavy (non-hydrogen) atoms. The lowest BCUT2D eigenvalue weighted by atomic mass is 9.96. The highest BCUT2D eigenvalue weighted by Crippen LogP contribution is 2.31. The van der Waals surface area contributed by atoms with E-state index in [4.69, 9.17) is 9.47 Å². The number of carbonyl (C=O) groups excluding carboxylic acids is 1. The minimum atomic E-state index is -0.124. The number of likely N-dealkylation sites (N-methyl/N-ethyl adjacent to an activating group) is 1. The number of methoxy groups -OCH3 is 1. The average Bonchev–Trinajstić information content (AvgIpc) is 2.65. The Morgan fingerprint density at radius 3 is 2.84 bits per heavy atom. The summed E-state index contributed by atoms with van der Waals surface area (Å²) in [6, 6.07) is 6.15. The normalized spacial score (nSPS) is 22.6. The van der Waals surface area contributed by atoms with Crippen molar-refractivity contribution in [3.8, 4) is 11.5 Å². The van der Waals surface area contributed by atoms with E-state index in [2.05, 4.69) is 29.1 Å². The molecule has 2 atom stereocenters. The van der Waals surface area contributed by atoms with Crippen LogP contribution in [0.25, 0.3) is 0 Å². The van der Waals surface area contributed by atoms with Crippen molar-refractivity contribution in [1.82, 2.24) is 15.1 Å². The molecule has 1 aromatic rings. The first kappa shape index (κ1) is 18.0. The van der Waals surface area contributed by atoms with Crippen molar-refractivity contribution in [2.24, 2.45) is 5.92 Å². The highest BCUT2D eigenvalue weighted by atomic mass is 16.5. The molecule has 138 valence electrons. The second-order valence-corrected chi connectivity index (χ2v) is 7.12. The third-order valence-corrected chi connectivity index (χ3v) is 5.28. The standard InChI is InChI=1S/C19H29N3O3/c1-14(22-8-6-21(2)7-9-22)12-20-19(23)16-10-15-4-5-17(24-3)11-18(15)25-13-16/h4-5,11,14,16H,6-10,12-13H2,1-3H3,(H,20,23)/t14-,16+/m1/s1. The zero-order valence-corrected chi connectivity index (χ0v) is 15.5. The molecule has 1 aromatic carbocycles. The van der Waals surface area contributed by atoms with Gasteiger partial charge in [-0.1, -0.05) is 6.07 Å². The predicted octanol–water partition coefficient (Wildman–Crippen LogP) is 0.998. The number of hydrogen-bond acceptors (Lipinski definition) is 5. The van der Waals surface area contributed by atoms with Crippen LogP contribution in [0.2, 0.25) is 0 Å². The van der Waals surface area contributed by atoms with Crippen LogP contribution >= 0.6 is 0 Å². The van der Waals surface area contributed by atoms with E-state index >= 15 is 0 Å². The van der Waals surface area contributed by atoms with Crippen molar-refractivity contribution in [3.63, 3.8) is 0 Å². The van der Waals surface area contributed by atoms with E-state index in [1.807, 2.05) is 18.2 Å². The summed E-state index contributed by atoms with van der Waals surface area (Å²) in [6.45, 7) is 7.61. The molecule has 2 heterocycles. The largest absolute Gasteiger partial charge is 0.497 e. The number of benzene rings is 1. The smallest absolute Gasteiger partial charge is 0.226 e. The van der Waals surface area contributed by atoms with Crippen molar-refractivity contribution in [1.29, 1.82) is 0 Å². The third-order valence-electron chi connectivity index (χ3n) is 5.28. The lowest BCUT2D eigenvalue weighted by Crippen LogP contribution is -2.52. The van der Waals surface area contributed by atoms with Crippen molar-refractivity contribution in [3.05, 3.63) is 23.8 Å². The zero-order chi connectivity index (χ0) is 17.8. The van der Waals surface area contributed by atoms with Crippen molar-refractivity contribution in [2.75, 3.05) is 53.5 Å². The number of nitrogens with one attached hydrogen (secondary N) is 1. The minimum Gasteiger partial charge on any atom is -0.497 e. The Hall–Kier alpha value is -1.79. The Morgan fingerprint density at radius 2 is 2.12 bits per heavy atom. The van der Waals surface area contributed by atoms with Gasteiger partial charge in [0.05, 0.1) is 13.0 Å². The highest BCUT2D eigenvalue weighted by Gasteiger charge is 2.27. The SMILES string of the molecule is COc1ccc2c(c1)OC[C@@H](C(=O)NC[C@@H](C)N1CCN(C)CC1)C2. The maximum atomic E-state index is 12.5. The summed E-state index contributed by atoms with van der Waals surface area (Å²) < 4.78 is 11.0. The van der Waals surface area contributed by atoms with E-state index in [9.17, 15) is 4.79 Å². The summed E-state index contributed by atoms with van der Waals surface area (Å²) in [5, 5.41) is 3.12. The zero-order valence-electron chi connectivity index (χ0n) is 15.5. The third kappa shape index (κ3) is 4.44. The minimum absolute atomic E-state index is 0.0856. The number of hydrogen-bond donors (Lipinski definition) is 1. The first-order valence-corrected chi connectivity index (χ1v) is 9.07. The van der Waals surface area contributed by atoms with Gasteiger partial charge in [0.15, 0.2) is 0 Å². The second-order valence-electron chi connectivity index (χ2n) is 7.12. The van der Waals surface area contributed by atoms with Gasteiger partial charge in [-0.15, -0.1) is 0 Å². The van der Waals surface area contributed by atoms with Gasteiger partial charge in [-0.05, 0) is 32.0 Å². The van der Waals surface area contributed by atoms with E-state index in [1.54, 1.807) is 7.11 Å². The fourth-order valence-electron chi connectivity index (χ4n) is 3.43. The van der Waals surface area contributed by atoms with Crippen LogP contribution in [0, 0.1) is 5.92 Å². The maximum absolute atomic E-state index is 12.5. The lowest BCUT2D eigenvalue weighted by Gasteiger charge is -2.36. The summed E-state index contributed by atoms with van der Waals surface area (Å²) in [6.07, 6.45) is 0.716. The van der Waals surface area contributed by atoms with Gasteiger partial charge in [0.25, 0.3) is 0 Å².